The summed E-state index contributed by atoms with van der Waals surface area (Å²) in [6.45, 7) is 8.98. The monoisotopic (exact) mass is 912 g/mol. The number of unbranched alkanes of at least 4 members (excludes halogenated alkanes) is 1. The van der Waals surface area contributed by atoms with E-state index in [0.717, 1.165) is 28.0 Å². The van der Waals surface area contributed by atoms with Crippen molar-refractivity contribution in [3.8, 4) is 0 Å². The van der Waals surface area contributed by atoms with Crippen molar-refractivity contribution in [3.63, 3.8) is 0 Å². The zero-order valence-corrected chi connectivity index (χ0v) is 38.6. The number of amides is 5. The largest absolute Gasteiger partial charge is 0.457 e. The van der Waals surface area contributed by atoms with Gasteiger partial charge in [0.25, 0.3) is 5.91 Å². The van der Waals surface area contributed by atoms with E-state index in [1.54, 1.807) is 44.8 Å². The number of hydrogen-bond donors (Lipinski definition) is 4. The Morgan fingerprint density at radius 3 is 1.86 bits per heavy atom. The molecule has 0 spiro atoms. The van der Waals surface area contributed by atoms with E-state index in [2.05, 4.69) is 36.9 Å². The van der Waals surface area contributed by atoms with Gasteiger partial charge >= 0.3 is 18.2 Å². The van der Waals surface area contributed by atoms with Crippen LogP contribution in [0.5, 0.6) is 0 Å². The SMILES string of the molecule is CCCCN(CC(OC(=O)CN(C)C(=O)OCc1ccccc1)C(Cc1ccccc1)NC(=O)[C@@H](NC(=O)OCc1ccccc1)C(C)C)NC(=O)[C@@H](NC(=O)CCn1cnnn1)C(C)C. The zero-order valence-electron chi connectivity index (χ0n) is 38.6. The summed E-state index contributed by atoms with van der Waals surface area (Å²) in [6, 6.07) is 24.5. The molecule has 1 heterocycles. The second-order valence-electron chi connectivity index (χ2n) is 16.5. The molecular weight excluding hydrogens is 849 g/mol. The molecule has 0 radical (unpaired) electrons. The molecule has 5 amide bonds. The van der Waals surface area contributed by atoms with Crippen LogP contribution in [0.4, 0.5) is 9.59 Å². The van der Waals surface area contributed by atoms with E-state index in [1.165, 1.54) is 18.1 Å². The Kier molecular flexibility index (Phi) is 21.5. The lowest BCUT2D eigenvalue weighted by Gasteiger charge is -2.35. The number of hydrogen-bond acceptors (Lipinski definition) is 13. The third kappa shape index (κ3) is 18.3. The van der Waals surface area contributed by atoms with Gasteiger partial charge in [0, 0.05) is 20.0 Å². The average Bonchev–Trinajstić information content (AvgIpc) is 3.83. The molecule has 2 unspecified atom stereocenters. The van der Waals surface area contributed by atoms with Gasteiger partial charge < -0.3 is 35.1 Å². The first-order chi connectivity index (χ1) is 31.7. The Bertz CT molecular complexity index is 2090. The molecule has 4 aromatic rings. The predicted octanol–water partition coefficient (Wildman–Crippen LogP) is 4.20. The molecule has 0 aliphatic heterocycles. The average molecular weight is 913 g/mol. The highest BCUT2D eigenvalue weighted by molar-refractivity contribution is 5.88. The summed E-state index contributed by atoms with van der Waals surface area (Å²) in [4.78, 5) is 82.6. The van der Waals surface area contributed by atoms with Gasteiger partial charge in [-0.25, -0.2) is 19.3 Å². The summed E-state index contributed by atoms with van der Waals surface area (Å²) < 4.78 is 18.5. The molecule has 3 aromatic carbocycles. The summed E-state index contributed by atoms with van der Waals surface area (Å²) in [5.74, 6) is -3.01. The summed E-state index contributed by atoms with van der Waals surface area (Å²) >= 11 is 0. The van der Waals surface area contributed by atoms with Gasteiger partial charge in [0.05, 0.1) is 19.1 Å². The van der Waals surface area contributed by atoms with E-state index in [0.29, 0.717) is 13.0 Å². The second-order valence-corrected chi connectivity index (χ2v) is 16.5. The number of aryl methyl sites for hydroxylation is 1. The Morgan fingerprint density at radius 2 is 1.30 bits per heavy atom. The predicted molar refractivity (Wildman–Crippen MR) is 243 cm³/mol. The number of nitrogens with zero attached hydrogens (tertiary/aromatic N) is 6. The number of hydrazine groups is 1. The molecule has 0 aliphatic carbocycles. The number of nitrogens with one attached hydrogen (secondary N) is 4. The molecule has 0 fully saturated rings. The highest BCUT2D eigenvalue weighted by Gasteiger charge is 2.35. The van der Waals surface area contributed by atoms with Gasteiger partial charge in [-0.05, 0) is 51.8 Å². The van der Waals surface area contributed by atoms with Crippen LogP contribution >= 0.6 is 0 Å². The van der Waals surface area contributed by atoms with Crippen molar-refractivity contribution in [1.29, 1.82) is 0 Å². The van der Waals surface area contributed by atoms with Gasteiger partial charge in [0.15, 0.2) is 0 Å². The maximum atomic E-state index is 14.3. The van der Waals surface area contributed by atoms with E-state index in [1.807, 2.05) is 85.8 Å². The number of ether oxygens (including phenoxy) is 3. The van der Waals surface area contributed by atoms with Gasteiger partial charge in [-0.3, -0.25) is 24.6 Å². The van der Waals surface area contributed by atoms with Crippen molar-refractivity contribution in [2.75, 3.05) is 26.7 Å². The molecule has 0 bridgehead atoms. The smallest absolute Gasteiger partial charge is 0.410 e. The standard InChI is InChI=1S/C47H64N10O9/c1-7-8-25-56(52-45(61)43(34(4)5)50-40(58)24-26-57-32-48-53-54-57)28-39(66-41(59)29-55(6)47(63)65-31-37-22-16-11-17-23-37)38(27-35-18-12-9-13-19-35)49-44(60)42(33(2)3)51-46(62)64-30-36-20-14-10-15-21-36/h9-23,32-34,38-39,42-43H,7-8,24-31H2,1-6H3,(H,49,60)(H,50,58)(H,51,62)(H,52,61)/t38?,39?,42-,43-/m0/s1. The lowest BCUT2D eigenvalue weighted by molar-refractivity contribution is -0.154. The molecule has 0 aliphatic rings. The third-order valence-corrected chi connectivity index (χ3v) is 10.4. The van der Waals surface area contributed by atoms with Crippen LogP contribution in [0.2, 0.25) is 0 Å². The Hall–Kier alpha value is -6.89. The number of carbonyl (C=O) groups excluding carboxylic acids is 6. The van der Waals surface area contributed by atoms with Crippen LogP contribution in [0.1, 0.15) is 70.6 Å². The van der Waals surface area contributed by atoms with Crippen LogP contribution in [-0.4, -0.2) is 117 Å². The molecule has 0 saturated heterocycles. The van der Waals surface area contributed by atoms with Crippen LogP contribution in [0.25, 0.3) is 0 Å². The van der Waals surface area contributed by atoms with Crippen molar-refractivity contribution >= 4 is 35.9 Å². The minimum absolute atomic E-state index is 0.0105. The third-order valence-electron chi connectivity index (χ3n) is 10.4. The van der Waals surface area contributed by atoms with Gasteiger partial charge in [0.1, 0.15) is 44.3 Å². The Labute approximate surface area is 386 Å². The Balaban J connectivity index is 1.61. The number of likely N-dealkylation sites (N-methyl/N-ethyl adjacent to an activating group) is 1. The maximum absolute atomic E-state index is 14.3. The Morgan fingerprint density at radius 1 is 0.727 bits per heavy atom. The van der Waals surface area contributed by atoms with Crippen LogP contribution in [-0.2, 0) is 59.6 Å². The van der Waals surface area contributed by atoms with Gasteiger partial charge in [-0.15, -0.1) is 5.10 Å². The molecule has 1 aromatic heterocycles. The molecular formula is C47H64N10O9. The number of benzene rings is 3. The fourth-order valence-corrected chi connectivity index (χ4v) is 6.65. The normalized spacial score (nSPS) is 12.9. The molecule has 356 valence electrons. The van der Waals surface area contributed by atoms with Crippen LogP contribution < -0.4 is 21.4 Å². The molecule has 4 N–H and O–H groups in total. The lowest BCUT2D eigenvalue weighted by Crippen LogP contribution is -2.60. The minimum atomic E-state index is -1.16. The van der Waals surface area contributed by atoms with Gasteiger partial charge in [-0.2, -0.15) is 0 Å². The van der Waals surface area contributed by atoms with E-state index in [4.69, 9.17) is 14.2 Å². The van der Waals surface area contributed by atoms with Crippen molar-refractivity contribution in [2.24, 2.45) is 11.8 Å². The zero-order chi connectivity index (χ0) is 47.8. The van der Waals surface area contributed by atoms with Crippen LogP contribution in [0.15, 0.2) is 97.3 Å². The summed E-state index contributed by atoms with van der Waals surface area (Å²) in [5, 5.41) is 21.1. The van der Waals surface area contributed by atoms with Crippen molar-refractivity contribution in [1.82, 2.24) is 51.5 Å². The number of esters is 1. The number of tetrazole rings is 1. The topological polar surface area (TPSA) is 228 Å². The van der Waals surface area contributed by atoms with Crippen LogP contribution in [0.3, 0.4) is 0 Å². The number of alkyl carbamates (subject to hydrolysis) is 1. The van der Waals surface area contributed by atoms with Gasteiger partial charge in [-0.1, -0.05) is 132 Å². The molecule has 4 atom stereocenters. The second kappa shape index (κ2) is 27.4. The highest BCUT2D eigenvalue weighted by atomic mass is 16.6. The number of aromatic nitrogens is 4. The van der Waals surface area contributed by atoms with Crippen molar-refractivity contribution in [3.05, 3.63) is 114 Å². The van der Waals surface area contributed by atoms with Crippen molar-refractivity contribution in [2.45, 2.75) is 104 Å². The summed E-state index contributed by atoms with van der Waals surface area (Å²) in [6.07, 6.45) is 0.195. The quantitative estimate of drug-likeness (QED) is 0.0394. The molecule has 66 heavy (non-hydrogen) atoms. The van der Waals surface area contributed by atoms with E-state index < -0.39 is 66.7 Å². The molecule has 19 nitrogen and oxygen atoms in total. The first-order valence-corrected chi connectivity index (χ1v) is 22.2. The van der Waals surface area contributed by atoms with E-state index >= 15 is 0 Å². The first kappa shape index (κ1) is 51.7. The lowest BCUT2D eigenvalue weighted by atomic mass is 9.98. The fraction of sp³-hybridized carbons (Fsp3) is 0.468. The van der Waals surface area contributed by atoms with E-state index in [-0.39, 0.29) is 51.0 Å². The fourth-order valence-electron chi connectivity index (χ4n) is 6.65. The van der Waals surface area contributed by atoms with E-state index in [9.17, 15) is 28.8 Å². The highest BCUT2D eigenvalue weighted by Crippen LogP contribution is 2.15. The molecule has 4 rings (SSSR count). The molecule has 0 saturated carbocycles. The minimum Gasteiger partial charge on any atom is -0.457 e. The van der Waals surface area contributed by atoms with Crippen LogP contribution in [0, 0.1) is 11.8 Å². The van der Waals surface area contributed by atoms with Crippen molar-refractivity contribution < 1.29 is 43.0 Å². The van der Waals surface area contributed by atoms with Gasteiger partial charge in [0.2, 0.25) is 11.8 Å². The summed E-state index contributed by atoms with van der Waals surface area (Å²) in [5.41, 5.74) is 5.27. The summed E-state index contributed by atoms with van der Waals surface area (Å²) in [7, 11) is 1.40. The number of carbonyl (C=O) groups is 6. The molecule has 19 heteroatoms. The maximum Gasteiger partial charge on any atom is 0.410 e. The number of rotatable bonds is 26. The first-order valence-electron chi connectivity index (χ1n) is 22.2.